The minimum absolute atomic E-state index is 0.115. The van der Waals surface area contributed by atoms with Gasteiger partial charge in [0, 0.05) is 51.3 Å². The lowest BCUT2D eigenvalue weighted by atomic mass is 10.0. The van der Waals surface area contributed by atoms with Crippen molar-refractivity contribution in [2.24, 2.45) is 11.0 Å². The molecule has 0 spiro atoms. The van der Waals surface area contributed by atoms with Crippen molar-refractivity contribution >= 4 is 29.9 Å². The van der Waals surface area contributed by atoms with E-state index in [9.17, 15) is 22.8 Å². The van der Waals surface area contributed by atoms with E-state index in [-0.39, 0.29) is 36.0 Å². The van der Waals surface area contributed by atoms with E-state index in [0.29, 0.717) is 38.2 Å². The molecule has 1 fully saturated rings. The molecule has 1 N–H and O–H groups in total. The summed E-state index contributed by atoms with van der Waals surface area (Å²) in [5.41, 5.74) is 0.332. The van der Waals surface area contributed by atoms with Crippen LogP contribution in [0, 0.1) is 23.4 Å². The first-order valence-electron chi connectivity index (χ1n) is 11.3. The second-order valence-electron chi connectivity index (χ2n) is 8.87. The summed E-state index contributed by atoms with van der Waals surface area (Å²) in [4.78, 5) is 36.7. The van der Waals surface area contributed by atoms with Gasteiger partial charge in [0.25, 0.3) is 0 Å². The van der Waals surface area contributed by atoms with Crippen LogP contribution < -0.4 is 10.2 Å². The Hall–Kier alpha value is -3.70. The molecule has 2 aromatic rings. The van der Waals surface area contributed by atoms with Gasteiger partial charge in [-0.3, -0.25) is 4.79 Å². The van der Waals surface area contributed by atoms with Gasteiger partial charge in [-0.2, -0.15) is 10.1 Å². The van der Waals surface area contributed by atoms with Crippen LogP contribution in [-0.4, -0.2) is 64.2 Å². The smallest absolute Gasteiger partial charge is 0.337 e. The van der Waals surface area contributed by atoms with Crippen molar-refractivity contribution < 1.29 is 22.8 Å². The van der Waals surface area contributed by atoms with Crippen molar-refractivity contribution in [3.05, 3.63) is 47.4 Å². The first-order valence-corrected chi connectivity index (χ1v) is 11.3. The molecule has 1 atom stereocenters. The monoisotopic (exact) mass is 489 g/mol. The fourth-order valence-electron chi connectivity index (χ4n) is 4.04. The lowest BCUT2D eigenvalue weighted by Gasteiger charge is -2.37. The Morgan fingerprint density at radius 3 is 2.43 bits per heavy atom. The summed E-state index contributed by atoms with van der Waals surface area (Å²) >= 11 is 0. The zero-order chi connectivity index (χ0) is 25.1. The van der Waals surface area contributed by atoms with Gasteiger partial charge in [0.05, 0.1) is 12.2 Å². The van der Waals surface area contributed by atoms with Gasteiger partial charge < -0.3 is 15.1 Å². The maximum atomic E-state index is 14.1. The summed E-state index contributed by atoms with van der Waals surface area (Å²) in [6, 6.07) is 2.20. The average Bonchev–Trinajstić information content (AvgIpc) is 3.29. The van der Waals surface area contributed by atoms with Crippen molar-refractivity contribution in [3.8, 4) is 0 Å². The quantitative estimate of drug-likeness (QED) is 0.693. The number of urea groups is 1. The van der Waals surface area contributed by atoms with E-state index in [1.807, 2.05) is 13.8 Å². The summed E-state index contributed by atoms with van der Waals surface area (Å²) in [5, 5.41) is 7.84. The molecule has 2 aliphatic rings. The third kappa shape index (κ3) is 5.69. The Labute approximate surface area is 200 Å². The number of hydrazone groups is 1. The number of amides is 3. The SMILES string of the molecule is CC(C)CC(=O)Nc1nc(N2CCN(C(=O)N3N=CC[C@H]3c3cc(F)cc(F)c3)CC2)ncc1F. The molecule has 3 heterocycles. The van der Waals surface area contributed by atoms with Crippen LogP contribution >= 0.6 is 0 Å². The van der Waals surface area contributed by atoms with Crippen molar-refractivity contribution in [2.45, 2.75) is 32.7 Å². The summed E-state index contributed by atoms with van der Waals surface area (Å²) in [6.45, 7) is 5.12. The molecule has 0 radical (unpaired) electrons. The molecule has 35 heavy (non-hydrogen) atoms. The predicted molar refractivity (Wildman–Crippen MR) is 123 cm³/mol. The van der Waals surface area contributed by atoms with E-state index in [4.69, 9.17) is 0 Å². The zero-order valence-electron chi connectivity index (χ0n) is 19.4. The number of carbonyl (C=O) groups is 2. The second-order valence-corrected chi connectivity index (χ2v) is 8.87. The molecule has 1 aromatic heterocycles. The van der Waals surface area contributed by atoms with E-state index in [1.165, 1.54) is 17.1 Å². The minimum Gasteiger partial charge on any atom is -0.337 e. The number of piperazine rings is 1. The lowest BCUT2D eigenvalue weighted by molar-refractivity contribution is -0.116. The summed E-state index contributed by atoms with van der Waals surface area (Å²) < 4.78 is 41.5. The number of nitrogens with zero attached hydrogens (tertiary/aromatic N) is 6. The zero-order valence-corrected chi connectivity index (χ0v) is 19.4. The Balaban J connectivity index is 1.39. The van der Waals surface area contributed by atoms with Gasteiger partial charge in [-0.05, 0) is 23.6 Å². The lowest BCUT2D eigenvalue weighted by Crippen LogP contribution is -2.52. The Kier molecular flexibility index (Phi) is 7.17. The van der Waals surface area contributed by atoms with Crippen LogP contribution in [0.4, 0.5) is 29.7 Å². The van der Waals surface area contributed by atoms with E-state index < -0.39 is 23.5 Å². The molecule has 0 bridgehead atoms. The first-order chi connectivity index (χ1) is 16.7. The number of anilines is 2. The van der Waals surface area contributed by atoms with Crippen molar-refractivity contribution in [1.82, 2.24) is 19.9 Å². The molecular formula is C23H26F3N7O2. The third-order valence-corrected chi connectivity index (χ3v) is 5.71. The van der Waals surface area contributed by atoms with E-state index in [2.05, 4.69) is 20.4 Å². The molecule has 9 nitrogen and oxygen atoms in total. The second kappa shape index (κ2) is 10.3. The molecule has 1 saturated heterocycles. The molecule has 3 amide bonds. The standard InChI is InChI=1S/C23H26F3N7O2/c1-14(2)9-20(34)29-21-18(26)13-27-22(30-21)31-5-7-32(8-6-31)23(35)33-19(3-4-28-33)15-10-16(24)12-17(25)11-15/h4,10-14,19H,3,5-9H2,1-2H3,(H,27,29,30,34)/t19-/m0/s1. The largest absolute Gasteiger partial charge is 0.341 e. The molecule has 1 aromatic carbocycles. The van der Waals surface area contributed by atoms with Gasteiger partial charge >= 0.3 is 6.03 Å². The average molecular weight is 490 g/mol. The number of hydrogen-bond donors (Lipinski definition) is 1. The number of carbonyl (C=O) groups excluding carboxylic acids is 2. The highest BCUT2D eigenvalue weighted by atomic mass is 19.1. The van der Waals surface area contributed by atoms with Gasteiger partial charge in [0.2, 0.25) is 11.9 Å². The summed E-state index contributed by atoms with van der Waals surface area (Å²) in [5.74, 6) is -2.32. The fourth-order valence-corrected chi connectivity index (χ4v) is 4.04. The Morgan fingerprint density at radius 2 is 1.77 bits per heavy atom. The van der Waals surface area contributed by atoms with Gasteiger partial charge in [-0.15, -0.1) is 0 Å². The van der Waals surface area contributed by atoms with Gasteiger partial charge in [0.15, 0.2) is 11.6 Å². The molecular weight excluding hydrogens is 463 g/mol. The number of nitrogens with one attached hydrogen (secondary N) is 1. The van der Waals surface area contributed by atoms with Gasteiger partial charge in [-0.25, -0.2) is 28.0 Å². The highest BCUT2D eigenvalue weighted by Gasteiger charge is 2.34. The van der Waals surface area contributed by atoms with Crippen LogP contribution in [0.2, 0.25) is 0 Å². The highest BCUT2D eigenvalue weighted by Crippen LogP contribution is 2.30. The first kappa shape index (κ1) is 24.4. The molecule has 2 aliphatic heterocycles. The van der Waals surface area contributed by atoms with E-state index >= 15 is 0 Å². The van der Waals surface area contributed by atoms with Crippen LogP contribution in [0.25, 0.3) is 0 Å². The van der Waals surface area contributed by atoms with Crippen LogP contribution in [0.5, 0.6) is 0 Å². The normalized spacial score (nSPS) is 17.9. The minimum atomic E-state index is -0.730. The summed E-state index contributed by atoms with van der Waals surface area (Å²) in [6.07, 6.45) is 3.14. The Bertz CT molecular complexity index is 1120. The molecule has 186 valence electrons. The van der Waals surface area contributed by atoms with Crippen molar-refractivity contribution in [2.75, 3.05) is 36.4 Å². The highest BCUT2D eigenvalue weighted by molar-refractivity contribution is 5.90. The van der Waals surface area contributed by atoms with E-state index in [0.717, 1.165) is 12.3 Å². The predicted octanol–water partition coefficient (Wildman–Crippen LogP) is 3.55. The molecule has 4 rings (SSSR count). The van der Waals surface area contributed by atoms with Gasteiger partial charge in [-0.1, -0.05) is 13.8 Å². The number of hydrogen-bond acceptors (Lipinski definition) is 6. The van der Waals surface area contributed by atoms with Crippen molar-refractivity contribution in [3.63, 3.8) is 0 Å². The maximum absolute atomic E-state index is 14.1. The Morgan fingerprint density at radius 1 is 1.09 bits per heavy atom. The van der Waals surface area contributed by atoms with Gasteiger partial charge in [0.1, 0.15) is 11.6 Å². The van der Waals surface area contributed by atoms with Crippen LogP contribution in [0.15, 0.2) is 29.5 Å². The summed E-state index contributed by atoms with van der Waals surface area (Å²) in [7, 11) is 0. The third-order valence-electron chi connectivity index (χ3n) is 5.71. The number of aromatic nitrogens is 2. The van der Waals surface area contributed by atoms with Crippen molar-refractivity contribution in [1.29, 1.82) is 0 Å². The topological polar surface area (TPSA) is 94.0 Å². The van der Waals surface area contributed by atoms with E-state index in [1.54, 1.807) is 16.0 Å². The molecule has 0 unspecified atom stereocenters. The van der Waals surface area contributed by atoms with Crippen LogP contribution in [-0.2, 0) is 4.79 Å². The number of halogens is 3. The fraction of sp³-hybridized carbons (Fsp3) is 0.435. The molecule has 0 aliphatic carbocycles. The number of rotatable bonds is 5. The maximum Gasteiger partial charge on any atom is 0.341 e. The van der Waals surface area contributed by atoms with Crippen LogP contribution in [0.3, 0.4) is 0 Å². The molecule has 0 saturated carbocycles. The van der Waals surface area contributed by atoms with Crippen LogP contribution in [0.1, 0.15) is 38.3 Å². The number of benzene rings is 1. The molecule has 12 heteroatoms.